The Morgan fingerprint density at radius 2 is 1.70 bits per heavy atom. The van der Waals surface area contributed by atoms with Crippen molar-refractivity contribution in [2.24, 2.45) is 5.73 Å². The summed E-state index contributed by atoms with van der Waals surface area (Å²) in [5.41, 5.74) is 6.32. The molecule has 0 radical (unpaired) electrons. The van der Waals surface area contributed by atoms with Crippen molar-refractivity contribution in [2.45, 2.75) is 32.9 Å². The average molecular weight is 300 g/mol. The number of benzene rings is 1. The summed E-state index contributed by atoms with van der Waals surface area (Å²) in [5, 5.41) is 5.47. The molecule has 0 aliphatic carbocycles. The summed E-state index contributed by atoms with van der Waals surface area (Å²) >= 11 is 0. The van der Waals surface area contributed by atoms with Gasteiger partial charge < -0.3 is 16.4 Å². The molecule has 0 atom stereocenters. The second kappa shape index (κ2) is 7.87. The predicted molar refractivity (Wildman–Crippen MR) is 81.8 cm³/mol. The molecule has 0 spiro atoms. The molecular formula is C14H22ClN3O2. The standard InChI is InChI=1S/C14H21N3O2.ClH/c1-4-16-12(18)11-7-5-10(6-8-11)9-17-13(19)14(2,3)15;/h5-8H,4,9,15H2,1-3H3,(H,16,18)(H,17,19);1H. The molecule has 112 valence electrons. The van der Waals surface area contributed by atoms with Crippen LogP contribution in [0.1, 0.15) is 36.7 Å². The van der Waals surface area contributed by atoms with E-state index in [2.05, 4.69) is 10.6 Å². The number of halogens is 1. The molecule has 1 aromatic rings. The number of carbonyl (C=O) groups is 2. The van der Waals surface area contributed by atoms with Gasteiger partial charge in [0.25, 0.3) is 5.91 Å². The first-order valence-electron chi connectivity index (χ1n) is 6.29. The highest BCUT2D eigenvalue weighted by Gasteiger charge is 2.20. The van der Waals surface area contributed by atoms with Gasteiger partial charge in [-0.2, -0.15) is 0 Å². The van der Waals surface area contributed by atoms with Crippen molar-refractivity contribution in [1.29, 1.82) is 0 Å². The number of amides is 2. The van der Waals surface area contributed by atoms with Crippen molar-refractivity contribution in [1.82, 2.24) is 10.6 Å². The van der Waals surface area contributed by atoms with Crippen LogP contribution in [0.2, 0.25) is 0 Å². The molecule has 6 heteroatoms. The molecule has 2 amide bonds. The van der Waals surface area contributed by atoms with Gasteiger partial charge in [-0.15, -0.1) is 12.4 Å². The molecule has 5 nitrogen and oxygen atoms in total. The minimum Gasteiger partial charge on any atom is -0.352 e. The van der Waals surface area contributed by atoms with Crippen LogP contribution < -0.4 is 16.4 Å². The Morgan fingerprint density at radius 1 is 1.15 bits per heavy atom. The first-order valence-corrected chi connectivity index (χ1v) is 6.29. The lowest BCUT2D eigenvalue weighted by molar-refractivity contribution is -0.125. The highest BCUT2D eigenvalue weighted by atomic mass is 35.5. The first kappa shape index (κ1) is 18.4. The largest absolute Gasteiger partial charge is 0.352 e. The second-order valence-corrected chi connectivity index (χ2v) is 4.96. The van der Waals surface area contributed by atoms with Crippen LogP contribution in [0.4, 0.5) is 0 Å². The van der Waals surface area contributed by atoms with Crippen molar-refractivity contribution in [3.63, 3.8) is 0 Å². The molecule has 0 aliphatic heterocycles. The molecule has 4 N–H and O–H groups in total. The van der Waals surface area contributed by atoms with E-state index in [4.69, 9.17) is 5.73 Å². The third kappa shape index (κ3) is 5.59. The summed E-state index contributed by atoms with van der Waals surface area (Å²) in [5.74, 6) is -0.304. The van der Waals surface area contributed by atoms with Crippen LogP contribution in [-0.2, 0) is 11.3 Å². The number of nitrogens with two attached hydrogens (primary N) is 1. The minimum atomic E-state index is -0.888. The SMILES string of the molecule is CCNC(=O)c1ccc(CNC(=O)C(C)(C)N)cc1.Cl. The van der Waals surface area contributed by atoms with E-state index in [1.807, 2.05) is 19.1 Å². The van der Waals surface area contributed by atoms with E-state index in [1.165, 1.54) is 0 Å². The minimum absolute atomic E-state index is 0. The maximum Gasteiger partial charge on any atom is 0.251 e. The van der Waals surface area contributed by atoms with Crippen LogP contribution in [0, 0.1) is 0 Å². The van der Waals surface area contributed by atoms with Gasteiger partial charge >= 0.3 is 0 Å². The van der Waals surface area contributed by atoms with Crippen molar-refractivity contribution in [3.05, 3.63) is 35.4 Å². The Kier molecular flexibility index (Phi) is 7.24. The van der Waals surface area contributed by atoms with Crippen LogP contribution in [0.5, 0.6) is 0 Å². The summed E-state index contributed by atoms with van der Waals surface area (Å²) in [7, 11) is 0. The Labute approximate surface area is 125 Å². The molecular weight excluding hydrogens is 278 g/mol. The Balaban J connectivity index is 0.00000361. The smallest absolute Gasteiger partial charge is 0.251 e. The second-order valence-electron chi connectivity index (χ2n) is 4.96. The van der Waals surface area contributed by atoms with Crippen molar-refractivity contribution in [3.8, 4) is 0 Å². The van der Waals surface area contributed by atoms with Crippen LogP contribution >= 0.6 is 12.4 Å². The number of hydrogen-bond donors (Lipinski definition) is 3. The normalized spacial score (nSPS) is 10.4. The van der Waals surface area contributed by atoms with Gasteiger partial charge in [0, 0.05) is 18.7 Å². The van der Waals surface area contributed by atoms with E-state index >= 15 is 0 Å². The van der Waals surface area contributed by atoms with Crippen molar-refractivity contribution >= 4 is 24.2 Å². The monoisotopic (exact) mass is 299 g/mol. The van der Waals surface area contributed by atoms with Gasteiger partial charge in [-0.25, -0.2) is 0 Å². The van der Waals surface area contributed by atoms with E-state index in [9.17, 15) is 9.59 Å². The number of rotatable bonds is 5. The van der Waals surface area contributed by atoms with Gasteiger partial charge in [-0.1, -0.05) is 12.1 Å². The Morgan fingerprint density at radius 3 is 2.15 bits per heavy atom. The Bertz CT molecular complexity index is 452. The van der Waals surface area contributed by atoms with Gasteiger partial charge in [-0.3, -0.25) is 9.59 Å². The number of nitrogens with one attached hydrogen (secondary N) is 2. The summed E-state index contributed by atoms with van der Waals surface area (Å²) in [6.45, 7) is 6.18. The molecule has 0 heterocycles. The lowest BCUT2D eigenvalue weighted by Crippen LogP contribution is -2.48. The average Bonchev–Trinajstić information content (AvgIpc) is 2.35. The predicted octanol–water partition coefficient (Wildman–Crippen LogP) is 1.21. The molecule has 0 saturated heterocycles. The maximum atomic E-state index is 11.6. The quantitative estimate of drug-likeness (QED) is 0.764. The highest BCUT2D eigenvalue weighted by molar-refractivity contribution is 5.94. The van der Waals surface area contributed by atoms with Gasteiger partial charge in [0.05, 0.1) is 5.54 Å². The van der Waals surface area contributed by atoms with E-state index in [-0.39, 0.29) is 24.2 Å². The van der Waals surface area contributed by atoms with Gasteiger partial charge in [-0.05, 0) is 38.5 Å². The van der Waals surface area contributed by atoms with Gasteiger partial charge in [0.1, 0.15) is 0 Å². The summed E-state index contributed by atoms with van der Waals surface area (Å²) in [6, 6.07) is 7.10. The Hall–Kier alpha value is -1.59. The first-order chi connectivity index (χ1) is 8.84. The summed E-state index contributed by atoms with van der Waals surface area (Å²) in [4.78, 5) is 23.2. The van der Waals surface area contributed by atoms with E-state index in [0.29, 0.717) is 18.7 Å². The molecule has 0 unspecified atom stereocenters. The third-order valence-corrected chi connectivity index (χ3v) is 2.59. The third-order valence-electron chi connectivity index (χ3n) is 2.59. The molecule has 20 heavy (non-hydrogen) atoms. The zero-order valence-corrected chi connectivity index (χ0v) is 12.8. The topological polar surface area (TPSA) is 84.2 Å². The van der Waals surface area contributed by atoms with Crippen LogP contribution in [-0.4, -0.2) is 23.9 Å². The number of hydrogen-bond acceptors (Lipinski definition) is 3. The fourth-order valence-electron chi connectivity index (χ4n) is 1.45. The zero-order valence-electron chi connectivity index (χ0n) is 12.0. The molecule has 0 aliphatic rings. The molecule has 0 bridgehead atoms. The summed E-state index contributed by atoms with van der Waals surface area (Å²) < 4.78 is 0. The van der Waals surface area contributed by atoms with E-state index in [1.54, 1.807) is 26.0 Å². The van der Waals surface area contributed by atoms with E-state index < -0.39 is 5.54 Å². The maximum absolute atomic E-state index is 11.6. The molecule has 0 saturated carbocycles. The fourth-order valence-corrected chi connectivity index (χ4v) is 1.45. The van der Waals surface area contributed by atoms with Gasteiger partial charge in [0.15, 0.2) is 0 Å². The van der Waals surface area contributed by atoms with Crippen LogP contribution in [0.25, 0.3) is 0 Å². The summed E-state index contributed by atoms with van der Waals surface area (Å²) in [6.07, 6.45) is 0. The molecule has 1 aromatic carbocycles. The van der Waals surface area contributed by atoms with Crippen molar-refractivity contribution < 1.29 is 9.59 Å². The van der Waals surface area contributed by atoms with Crippen LogP contribution in [0.15, 0.2) is 24.3 Å². The molecule has 1 rings (SSSR count). The van der Waals surface area contributed by atoms with Crippen LogP contribution in [0.3, 0.4) is 0 Å². The lowest BCUT2D eigenvalue weighted by atomic mass is 10.1. The highest BCUT2D eigenvalue weighted by Crippen LogP contribution is 2.05. The van der Waals surface area contributed by atoms with Gasteiger partial charge in [0.2, 0.25) is 5.91 Å². The van der Waals surface area contributed by atoms with Crippen molar-refractivity contribution in [2.75, 3.05) is 6.54 Å². The lowest BCUT2D eigenvalue weighted by Gasteiger charge is -2.17. The molecule has 0 fully saturated rings. The fraction of sp³-hybridized carbons (Fsp3) is 0.429. The van der Waals surface area contributed by atoms with E-state index in [0.717, 1.165) is 5.56 Å². The zero-order chi connectivity index (χ0) is 14.5. The number of carbonyl (C=O) groups excluding carboxylic acids is 2. The molecule has 0 aromatic heterocycles.